The number of halogens is 1. The number of ether oxygens (including phenoxy) is 1. The van der Waals surface area contributed by atoms with E-state index in [1.54, 1.807) is 6.07 Å². The van der Waals surface area contributed by atoms with Gasteiger partial charge in [0.2, 0.25) is 0 Å². The molecule has 1 N–H and O–H groups in total. The van der Waals surface area contributed by atoms with E-state index in [0.717, 1.165) is 17.9 Å². The quantitative estimate of drug-likeness (QED) is 0.861. The number of carboxylic acids is 1. The third-order valence-electron chi connectivity index (χ3n) is 3.43. The summed E-state index contributed by atoms with van der Waals surface area (Å²) in [7, 11) is 0. The predicted octanol–water partition coefficient (Wildman–Crippen LogP) is 3.88. The van der Waals surface area contributed by atoms with E-state index in [2.05, 4.69) is 0 Å². The maximum Gasteiger partial charge on any atom is 0.304 e. The van der Waals surface area contributed by atoms with Crippen molar-refractivity contribution in [2.75, 3.05) is 6.61 Å². The molecule has 19 heavy (non-hydrogen) atoms. The highest BCUT2D eigenvalue weighted by atomic mass is 35.5. The molecule has 0 saturated heterocycles. The molecule has 0 unspecified atom stereocenters. The van der Waals surface area contributed by atoms with E-state index in [0.29, 0.717) is 10.9 Å². The van der Waals surface area contributed by atoms with Crippen molar-refractivity contribution in [3.05, 3.63) is 28.8 Å². The summed E-state index contributed by atoms with van der Waals surface area (Å²) in [6.45, 7) is 4.52. The Labute approximate surface area is 118 Å². The lowest BCUT2D eigenvalue weighted by Gasteiger charge is -2.24. The lowest BCUT2D eigenvalue weighted by Crippen LogP contribution is -2.21. The molecule has 0 amide bonds. The highest BCUT2D eigenvalue weighted by molar-refractivity contribution is 6.30. The van der Waals surface area contributed by atoms with Gasteiger partial charge in [-0.3, -0.25) is 4.79 Å². The number of hydrogen-bond donors (Lipinski definition) is 1. The van der Waals surface area contributed by atoms with Gasteiger partial charge in [-0.25, -0.2) is 0 Å². The van der Waals surface area contributed by atoms with Gasteiger partial charge in [0, 0.05) is 10.4 Å². The van der Waals surface area contributed by atoms with Gasteiger partial charge in [-0.15, -0.1) is 0 Å². The van der Waals surface area contributed by atoms with Crippen molar-refractivity contribution in [2.24, 2.45) is 5.92 Å². The molecule has 4 heteroatoms. The van der Waals surface area contributed by atoms with Crippen molar-refractivity contribution in [2.45, 2.75) is 38.5 Å². The van der Waals surface area contributed by atoms with Crippen molar-refractivity contribution in [1.82, 2.24) is 0 Å². The minimum atomic E-state index is -0.814. The van der Waals surface area contributed by atoms with Crippen LogP contribution in [0.15, 0.2) is 18.2 Å². The number of aliphatic carboxylic acids is 1. The second-order valence-electron chi connectivity index (χ2n) is 5.88. The first-order chi connectivity index (χ1) is 8.87. The van der Waals surface area contributed by atoms with E-state index in [1.807, 2.05) is 26.0 Å². The van der Waals surface area contributed by atoms with Crippen LogP contribution in [0.4, 0.5) is 0 Å². The lowest BCUT2D eigenvalue weighted by molar-refractivity contribution is -0.138. The van der Waals surface area contributed by atoms with Crippen LogP contribution in [0.5, 0.6) is 5.75 Å². The van der Waals surface area contributed by atoms with Crippen LogP contribution in [0.25, 0.3) is 0 Å². The number of hydrogen-bond acceptors (Lipinski definition) is 2. The Balaban J connectivity index is 2.16. The predicted molar refractivity (Wildman–Crippen MR) is 74.9 cm³/mol. The van der Waals surface area contributed by atoms with E-state index in [4.69, 9.17) is 21.4 Å². The zero-order valence-electron chi connectivity index (χ0n) is 11.3. The molecule has 1 aromatic rings. The fraction of sp³-hybridized carbons (Fsp3) is 0.533. The summed E-state index contributed by atoms with van der Waals surface area (Å²) in [4.78, 5) is 10.9. The SMILES string of the molecule is CC(C)(CC(=O)O)c1cc(Cl)cc(OCC2CC2)c1. The van der Waals surface area contributed by atoms with Gasteiger partial charge in [0.1, 0.15) is 5.75 Å². The van der Waals surface area contributed by atoms with Crippen LogP contribution in [0.2, 0.25) is 5.02 Å². The van der Waals surface area contributed by atoms with E-state index >= 15 is 0 Å². The standard InChI is InChI=1S/C15H19ClO3/c1-15(2,8-14(17)18)11-5-12(16)7-13(6-11)19-9-10-3-4-10/h5-7,10H,3-4,8-9H2,1-2H3,(H,17,18). The van der Waals surface area contributed by atoms with Gasteiger partial charge in [0.05, 0.1) is 13.0 Å². The Bertz CT molecular complexity index is 478. The first-order valence-corrected chi connectivity index (χ1v) is 6.90. The average molecular weight is 283 g/mol. The van der Waals surface area contributed by atoms with Gasteiger partial charge in [0.15, 0.2) is 0 Å². The molecular weight excluding hydrogens is 264 g/mol. The number of carbonyl (C=O) groups is 1. The summed E-state index contributed by atoms with van der Waals surface area (Å²) >= 11 is 6.10. The monoisotopic (exact) mass is 282 g/mol. The van der Waals surface area contributed by atoms with Crippen LogP contribution in [-0.2, 0) is 10.2 Å². The normalized spacial score (nSPS) is 15.3. The summed E-state index contributed by atoms with van der Waals surface area (Å²) in [6.07, 6.45) is 2.53. The maximum absolute atomic E-state index is 10.9. The zero-order chi connectivity index (χ0) is 14.0. The minimum absolute atomic E-state index is 0.0649. The van der Waals surface area contributed by atoms with Gasteiger partial charge in [0.25, 0.3) is 0 Å². The first-order valence-electron chi connectivity index (χ1n) is 6.52. The maximum atomic E-state index is 10.9. The second-order valence-corrected chi connectivity index (χ2v) is 6.32. The molecule has 1 saturated carbocycles. The third-order valence-corrected chi connectivity index (χ3v) is 3.65. The molecule has 1 aromatic carbocycles. The summed E-state index contributed by atoms with van der Waals surface area (Å²) in [6, 6.07) is 5.50. The van der Waals surface area contributed by atoms with Crippen molar-refractivity contribution in [1.29, 1.82) is 0 Å². The van der Waals surface area contributed by atoms with Crippen molar-refractivity contribution < 1.29 is 14.6 Å². The molecule has 0 aliphatic heterocycles. The third kappa shape index (κ3) is 4.13. The second kappa shape index (κ2) is 5.41. The smallest absolute Gasteiger partial charge is 0.304 e. The van der Waals surface area contributed by atoms with Crippen LogP contribution in [-0.4, -0.2) is 17.7 Å². The lowest BCUT2D eigenvalue weighted by atomic mass is 9.81. The Morgan fingerprint density at radius 3 is 2.68 bits per heavy atom. The molecule has 0 heterocycles. The molecule has 0 bridgehead atoms. The molecule has 0 atom stereocenters. The van der Waals surface area contributed by atoms with Crippen LogP contribution >= 0.6 is 11.6 Å². The molecular formula is C15H19ClO3. The largest absolute Gasteiger partial charge is 0.493 e. The van der Waals surface area contributed by atoms with Gasteiger partial charge in [-0.1, -0.05) is 25.4 Å². The molecule has 0 spiro atoms. The van der Waals surface area contributed by atoms with Crippen LogP contribution in [0, 0.1) is 5.92 Å². The van der Waals surface area contributed by atoms with Gasteiger partial charge in [-0.05, 0) is 42.5 Å². The Kier molecular flexibility index (Phi) is 4.04. The van der Waals surface area contributed by atoms with Crippen LogP contribution in [0.3, 0.4) is 0 Å². The summed E-state index contributed by atoms with van der Waals surface area (Å²) < 4.78 is 5.72. The summed E-state index contributed by atoms with van der Waals surface area (Å²) in [5.41, 5.74) is 0.433. The van der Waals surface area contributed by atoms with Crippen molar-refractivity contribution >= 4 is 17.6 Å². The molecule has 0 aromatic heterocycles. The van der Waals surface area contributed by atoms with E-state index in [-0.39, 0.29) is 6.42 Å². The molecule has 3 nitrogen and oxygen atoms in total. The van der Waals surface area contributed by atoms with Crippen LogP contribution < -0.4 is 4.74 Å². The molecule has 1 fully saturated rings. The average Bonchev–Trinajstić information content (AvgIpc) is 3.07. The summed E-state index contributed by atoms with van der Waals surface area (Å²) in [5, 5.41) is 9.55. The fourth-order valence-corrected chi connectivity index (χ4v) is 2.24. The summed E-state index contributed by atoms with van der Waals surface area (Å²) in [5.74, 6) is 0.591. The number of benzene rings is 1. The van der Waals surface area contributed by atoms with Gasteiger partial charge in [-0.2, -0.15) is 0 Å². The van der Waals surface area contributed by atoms with Gasteiger partial charge < -0.3 is 9.84 Å². The van der Waals surface area contributed by atoms with Crippen LogP contribution in [0.1, 0.15) is 38.7 Å². The van der Waals surface area contributed by atoms with Gasteiger partial charge >= 0.3 is 5.97 Å². The van der Waals surface area contributed by atoms with Crippen molar-refractivity contribution in [3.8, 4) is 5.75 Å². The highest BCUT2D eigenvalue weighted by Gasteiger charge is 2.26. The highest BCUT2D eigenvalue weighted by Crippen LogP contribution is 2.34. The Morgan fingerprint density at radius 2 is 2.11 bits per heavy atom. The molecule has 1 aliphatic carbocycles. The molecule has 2 rings (SSSR count). The zero-order valence-corrected chi connectivity index (χ0v) is 12.0. The van der Waals surface area contributed by atoms with Crippen molar-refractivity contribution in [3.63, 3.8) is 0 Å². The number of carboxylic acid groups (broad SMARTS) is 1. The molecule has 104 valence electrons. The number of rotatable bonds is 6. The molecule has 0 radical (unpaired) electrons. The Morgan fingerprint density at radius 1 is 1.42 bits per heavy atom. The fourth-order valence-electron chi connectivity index (χ4n) is 2.02. The first kappa shape index (κ1) is 14.2. The van der Waals surface area contributed by atoms with E-state index < -0.39 is 11.4 Å². The van der Waals surface area contributed by atoms with E-state index in [1.165, 1.54) is 12.8 Å². The Hall–Kier alpha value is -1.22. The molecule has 1 aliphatic rings. The van der Waals surface area contributed by atoms with E-state index in [9.17, 15) is 4.79 Å². The minimum Gasteiger partial charge on any atom is -0.493 e. The topological polar surface area (TPSA) is 46.5 Å².